The predicted octanol–water partition coefficient (Wildman–Crippen LogP) is 5.91. The van der Waals surface area contributed by atoms with Crippen LogP contribution in [0.5, 0.6) is 0 Å². The first-order chi connectivity index (χ1) is 20.6. The number of amides is 2. The number of nitrogens with zero attached hydrogens (tertiary/aromatic N) is 6. The molecule has 0 saturated heterocycles. The number of rotatable bonds is 10. The highest BCUT2D eigenvalue weighted by molar-refractivity contribution is 7.98. The van der Waals surface area contributed by atoms with E-state index in [2.05, 4.69) is 30.9 Å². The van der Waals surface area contributed by atoms with E-state index in [1.165, 1.54) is 42.2 Å². The predicted molar refractivity (Wildman–Crippen MR) is 155 cm³/mol. The topological polar surface area (TPSA) is 120 Å². The maximum Gasteiger partial charge on any atom is 0.459 e. The van der Waals surface area contributed by atoms with Gasteiger partial charge >= 0.3 is 12.1 Å². The second-order valence-corrected chi connectivity index (χ2v) is 11.3. The number of carbonyl (C=O) groups is 2. The zero-order valence-electron chi connectivity index (χ0n) is 23.1. The minimum absolute atomic E-state index is 0.00831. The molecule has 0 aliphatic heterocycles. The van der Waals surface area contributed by atoms with Gasteiger partial charge in [0.2, 0.25) is 0 Å². The highest BCUT2D eigenvalue weighted by atomic mass is 35.5. The van der Waals surface area contributed by atoms with Crippen LogP contribution in [-0.4, -0.2) is 65.8 Å². The minimum atomic E-state index is -5.88. The van der Waals surface area contributed by atoms with Crippen LogP contribution in [0.2, 0.25) is 10.0 Å². The molecule has 2 amide bonds. The van der Waals surface area contributed by atoms with E-state index < -0.39 is 36.2 Å². The van der Waals surface area contributed by atoms with Crippen molar-refractivity contribution in [2.75, 3.05) is 17.3 Å². The number of halogens is 7. The van der Waals surface area contributed by atoms with Gasteiger partial charge in [0.15, 0.2) is 11.5 Å². The van der Waals surface area contributed by atoms with E-state index in [-0.39, 0.29) is 44.5 Å². The zero-order chi connectivity index (χ0) is 32.4. The van der Waals surface area contributed by atoms with E-state index in [4.69, 9.17) is 23.2 Å². The second-order valence-electron chi connectivity index (χ2n) is 9.50. The maximum atomic E-state index is 13.7. The molecule has 0 fully saturated rings. The Hall–Kier alpha value is -3.76. The number of benzene rings is 1. The molecule has 2 N–H and O–H groups in total. The van der Waals surface area contributed by atoms with Crippen molar-refractivity contribution in [3.63, 3.8) is 0 Å². The summed E-state index contributed by atoms with van der Waals surface area (Å²) in [7, 11) is 0. The van der Waals surface area contributed by atoms with Gasteiger partial charge in [-0.15, -0.1) is 0 Å². The van der Waals surface area contributed by atoms with Crippen LogP contribution >= 0.6 is 35.0 Å². The molecule has 0 spiro atoms. The average Bonchev–Trinajstić information content (AvgIpc) is 3.57. The molecule has 4 rings (SSSR count). The summed E-state index contributed by atoms with van der Waals surface area (Å²) >= 11 is 14.1. The molecular weight excluding hydrogens is 654 g/mol. The summed E-state index contributed by atoms with van der Waals surface area (Å²) in [6.07, 6.45) is -2.31. The third kappa shape index (κ3) is 7.13. The van der Waals surface area contributed by atoms with Crippen molar-refractivity contribution in [1.82, 2.24) is 35.1 Å². The van der Waals surface area contributed by atoms with Crippen LogP contribution < -0.4 is 10.6 Å². The highest BCUT2D eigenvalue weighted by Crippen LogP contribution is 2.42. The molecule has 4 aromatic rings. The quantitative estimate of drug-likeness (QED) is 0.201. The molecule has 0 saturated carbocycles. The van der Waals surface area contributed by atoms with Gasteiger partial charge in [-0.2, -0.15) is 53.8 Å². The molecular formula is C26H23Cl2F5N8O2S. The molecule has 10 nitrogen and oxygen atoms in total. The van der Waals surface area contributed by atoms with E-state index >= 15 is 0 Å². The Kier molecular flexibility index (Phi) is 9.85. The van der Waals surface area contributed by atoms with Gasteiger partial charge in [0.25, 0.3) is 11.8 Å². The zero-order valence-corrected chi connectivity index (χ0v) is 25.4. The molecule has 0 aliphatic carbocycles. The fourth-order valence-electron chi connectivity index (χ4n) is 4.03. The van der Waals surface area contributed by atoms with Crippen LogP contribution in [0, 0.1) is 6.92 Å². The van der Waals surface area contributed by atoms with Gasteiger partial charge in [0.1, 0.15) is 12.2 Å². The summed E-state index contributed by atoms with van der Waals surface area (Å²) in [6.45, 7) is 2.97. The lowest BCUT2D eigenvalue weighted by molar-refractivity contribution is -0.291. The van der Waals surface area contributed by atoms with Gasteiger partial charge in [-0.05, 0) is 56.0 Å². The summed E-state index contributed by atoms with van der Waals surface area (Å²) in [6, 6.07) is 7.01. The van der Waals surface area contributed by atoms with Crippen molar-refractivity contribution >= 4 is 52.5 Å². The van der Waals surface area contributed by atoms with E-state index in [9.17, 15) is 31.5 Å². The lowest BCUT2D eigenvalue weighted by Gasteiger charge is -2.17. The van der Waals surface area contributed by atoms with Crippen LogP contribution in [0.1, 0.15) is 44.7 Å². The SMILES string of the molecule is CSC[C@H](C)NC(=O)c1cc(Cl)cc(C)c1NC(=O)c1cc(Cn2ncc(C(F)(F)C(F)(F)F)n2)nn1-c1ncccc1Cl. The first-order valence-electron chi connectivity index (χ1n) is 12.6. The summed E-state index contributed by atoms with van der Waals surface area (Å²) in [5.74, 6) is -5.84. The lowest BCUT2D eigenvalue weighted by atomic mass is 10.1. The Bertz CT molecular complexity index is 1700. The average molecular weight is 677 g/mol. The molecule has 3 aromatic heterocycles. The van der Waals surface area contributed by atoms with E-state index in [0.29, 0.717) is 22.3 Å². The summed E-state index contributed by atoms with van der Waals surface area (Å²) in [5.41, 5.74) is -1.06. The molecule has 3 heterocycles. The number of aromatic nitrogens is 6. The first-order valence-corrected chi connectivity index (χ1v) is 14.7. The Morgan fingerprint density at radius 1 is 1.09 bits per heavy atom. The van der Waals surface area contributed by atoms with Gasteiger partial charge in [0, 0.05) is 23.0 Å². The van der Waals surface area contributed by atoms with E-state index in [0.717, 1.165) is 4.68 Å². The third-order valence-corrected chi connectivity index (χ3v) is 7.37. The molecule has 0 bridgehead atoms. The van der Waals surface area contributed by atoms with Crippen LogP contribution in [-0.2, 0) is 12.5 Å². The smallest absolute Gasteiger partial charge is 0.349 e. The van der Waals surface area contributed by atoms with Crippen molar-refractivity contribution in [2.24, 2.45) is 0 Å². The molecule has 18 heteroatoms. The number of hydrogen-bond donors (Lipinski definition) is 2. The molecule has 234 valence electrons. The number of pyridine rings is 1. The Labute approximate surface area is 261 Å². The van der Waals surface area contributed by atoms with Gasteiger partial charge < -0.3 is 10.6 Å². The van der Waals surface area contributed by atoms with Crippen LogP contribution in [0.15, 0.2) is 42.7 Å². The number of anilines is 1. The van der Waals surface area contributed by atoms with Crippen molar-refractivity contribution in [1.29, 1.82) is 0 Å². The molecule has 1 atom stereocenters. The standard InChI is InChI=1S/C26H23Cl2F5N8O2S/c1-13-7-15(27)8-17(23(42)36-14(2)12-44-3)21(13)37-24(43)19-9-16(38-41(19)22-18(28)5-4-6-34-22)11-40-35-10-20(39-40)25(29,30)26(31,32)33/h4-10,14H,11-12H2,1-3H3,(H,36,42)(H,37,43)/t14-/m0/s1. The number of thioether (sulfide) groups is 1. The summed E-state index contributed by atoms with van der Waals surface area (Å²) < 4.78 is 66.9. The monoisotopic (exact) mass is 676 g/mol. The van der Waals surface area contributed by atoms with Gasteiger partial charge in [-0.25, -0.2) is 9.67 Å². The van der Waals surface area contributed by atoms with Gasteiger partial charge in [0.05, 0.1) is 28.2 Å². The molecule has 1 aromatic carbocycles. The summed E-state index contributed by atoms with van der Waals surface area (Å²) in [4.78, 5) is 31.6. The Balaban J connectivity index is 1.71. The maximum absolute atomic E-state index is 13.7. The number of hydrogen-bond acceptors (Lipinski definition) is 7. The molecule has 0 unspecified atom stereocenters. The number of aryl methyl sites for hydroxylation is 1. The second kappa shape index (κ2) is 13.1. The van der Waals surface area contributed by atoms with Crippen LogP contribution in [0.4, 0.5) is 27.6 Å². The van der Waals surface area contributed by atoms with Gasteiger partial charge in [-0.3, -0.25) is 9.59 Å². The van der Waals surface area contributed by atoms with Crippen molar-refractivity contribution in [3.8, 4) is 5.82 Å². The first kappa shape index (κ1) is 33.1. The molecule has 44 heavy (non-hydrogen) atoms. The van der Waals surface area contributed by atoms with Gasteiger partial charge in [-0.1, -0.05) is 23.2 Å². The van der Waals surface area contributed by atoms with E-state index in [1.54, 1.807) is 13.0 Å². The van der Waals surface area contributed by atoms with Crippen LogP contribution in [0.3, 0.4) is 0 Å². The third-order valence-electron chi connectivity index (χ3n) is 6.03. The fraction of sp³-hybridized carbons (Fsp3) is 0.308. The minimum Gasteiger partial charge on any atom is -0.349 e. The van der Waals surface area contributed by atoms with Crippen LogP contribution in [0.25, 0.3) is 5.82 Å². The highest BCUT2D eigenvalue weighted by Gasteiger charge is 2.60. The van der Waals surface area contributed by atoms with Crippen molar-refractivity contribution < 1.29 is 31.5 Å². The number of alkyl halides is 5. The lowest BCUT2D eigenvalue weighted by Crippen LogP contribution is -2.35. The molecule has 0 aliphatic rings. The van der Waals surface area contributed by atoms with Crippen molar-refractivity contribution in [2.45, 2.75) is 38.5 Å². The Morgan fingerprint density at radius 2 is 1.82 bits per heavy atom. The Morgan fingerprint density at radius 3 is 2.48 bits per heavy atom. The largest absolute Gasteiger partial charge is 0.459 e. The summed E-state index contributed by atoms with van der Waals surface area (Å²) in [5, 5.41) is 16.9. The number of nitrogens with one attached hydrogen (secondary N) is 2. The fourth-order valence-corrected chi connectivity index (χ4v) is 5.09. The van der Waals surface area contributed by atoms with E-state index in [1.807, 2.05) is 13.2 Å². The molecule has 0 radical (unpaired) electrons. The number of carbonyl (C=O) groups excluding carboxylic acids is 2. The van der Waals surface area contributed by atoms with Crippen molar-refractivity contribution in [3.05, 3.63) is 81.0 Å². The normalized spacial score (nSPS) is 12.7.